The van der Waals surface area contributed by atoms with Gasteiger partial charge < -0.3 is 5.73 Å². The van der Waals surface area contributed by atoms with E-state index in [2.05, 4.69) is 10.2 Å². The van der Waals surface area contributed by atoms with Gasteiger partial charge in [-0.2, -0.15) is 5.10 Å². The zero-order chi connectivity index (χ0) is 15.7. The summed E-state index contributed by atoms with van der Waals surface area (Å²) in [6, 6.07) is 14.7. The van der Waals surface area contributed by atoms with Crippen LogP contribution in [-0.2, 0) is 0 Å². The molecule has 0 radical (unpaired) electrons. The third-order valence-electron chi connectivity index (χ3n) is 3.35. The highest BCUT2D eigenvalue weighted by molar-refractivity contribution is 7.71. The van der Waals surface area contributed by atoms with E-state index in [1.54, 1.807) is 16.7 Å². The monoisotopic (exact) mass is 310 g/mol. The number of H-pyrrole nitrogens is 1. The Hall–Kier alpha value is -2.73. The summed E-state index contributed by atoms with van der Waals surface area (Å²) in [4.78, 5) is 11.6. The minimum Gasteiger partial charge on any atom is -0.399 e. The number of benzene rings is 2. The lowest BCUT2D eigenvalue weighted by Gasteiger charge is -2.08. The summed E-state index contributed by atoms with van der Waals surface area (Å²) < 4.78 is 2.26. The van der Waals surface area contributed by atoms with Crippen molar-refractivity contribution >= 4 is 23.7 Å². The fourth-order valence-corrected chi connectivity index (χ4v) is 2.46. The van der Waals surface area contributed by atoms with E-state index in [1.807, 2.05) is 36.4 Å². The second-order valence-electron chi connectivity index (χ2n) is 4.92. The van der Waals surface area contributed by atoms with Gasteiger partial charge in [-0.15, -0.1) is 0 Å². The largest absolute Gasteiger partial charge is 0.399 e. The Bertz CT molecular complexity index is 893. The van der Waals surface area contributed by atoms with Crippen molar-refractivity contribution in [2.75, 3.05) is 5.73 Å². The van der Waals surface area contributed by atoms with E-state index in [9.17, 15) is 4.79 Å². The molecule has 0 aliphatic carbocycles. The van der Waals surface area contributed by atoms with Crippen LogP contribution in [0.3, 0.4) is 0 Å². The molecule has 5 nitrogen and oxygen atoms in total. The SMILES string of the molecule is CC(=O)c1cccc(-n2c(-c3ccc(N)cc3)n[nH]c2=S)c1. The second kappa shape index (κ2) is 5.57. The van der Waals surface area contributed by atoms with Gasteiger partial charge in [-0.25, -0.2) is 0 Å². The highest BCUT2D eigenvalue weighted by Gasteiger charge is 2.11. The summed E-state index contributed by atoms with van der Waals surface area (Å²) in [5, 5.41) is 7.08. The molecule has 0 spiro atoms. The number of nitrogens with two attached hydrogens (primary N) is 1. The van der Waals surface area contributed by atoms with Gasteiger partial charge in [0.05, 0.1) is 5.69 Å². The minimum atomic E-state index is 0.00546. The molecule has 22 heavy (non-hydrogen) atoms. The molecule has 2 aromatic carbocycles. The predicted molar refractivity (Wildman–Crippen MR) is 88.6 cm³/mol. The van der Waals surface area contributed by atoms with Gasteiger partial charge in [0, 0.05) is 16.8 Å². The quantitative estimate of drug-likeness (QED) is 0.442. The van der Waals surface area contributed by atoms with Crippen LogP contribution in [0.5, 0.6) is 0 Å². The number of carbonyl (C=O) groups excluding carboxylic acids is 1. The van der Waals surface area contributed by atoms with Gasteiger partial charge in [-0.05, 0) is 55.5 Å². The van der Waals surface area contributed by atoms with Gasteiger partial charge in [0.2, 0.25) is 0 Å². The maximum absolute atomic E-state index is 11.6. The van der Waals surface area contributed by atoms with E-state index >= 15 is 0 Å². The van der Waals surface area contributed by atoms with Gasteiger partial charge in [-0.1, -0.05) is 12.1 Å². The van der Waals surface area contributed by atoms with Gasteiger partial charge in [0.25, 0.3) is 0 Å². The maximum Gasteiger partial charge on any atom is 0.200 e. The number of Topliss-reactive ketones (excluding diaryl/α,β-unsaturated/α-hetero) is 1. The summed E-state index contributed by atoms with van der Waals surface area (Å²) in [5.74, 6) is 0.677. The number of nitrogens with zero attached hydrogens (tertiary/aromatic N) is 2. The fraction of sp³-hybridized carbons (Fsp3) is 0.0625. The molecule has 0 unspecified atom stereocenters. The standard InChI is InChI=1S/C16H14N4OS/c1-10(21)12-3-2-4-14(9-12)20-15(18-19-16(20)22)11-5-7-13(17)8-6-11/h2-9H,17H2,1H3,(H,19,22). The molecular formula is C16H14N4OS. The summed E-state index contributed by atoms with van der Waals surface area (Å²) in [5.41, 5.74) is 8.71. The summed E-state index contributed by atoms with van der Waals surface area (Å²) >= 11 is 5.32. The molecule has 1 aromatic heterocycles. The smallest absolute Gasteiger partial charge is 0.200 e. The Morgan fingerprint density at radius 2 is 1.95 bits per heavy atom. The van der Waals surface area contributed by atoms with Crippen LogP contribution < -0.4 is 5.73 Å². The molecule has 3 rings (SSSR count). The molecule has 0 amide bonds. The van der Waals surface area contributed by atoms with Crippen LogP contribution >= 0.6 is 12.2 Å². The van der Waals surface area contributed by atoms with Gasteiger partial charge in [-0.3, -0.25) is 14.5 Å². The molecule has 1 heterocycles. The molecule has 0 bridgehead atoms. The number of hydrogen-bond donors (Lipinski definition) is 2. The number of nitrogen functional groups attached to an aromatic ring is 1. The van der Waals surface area contributed by atoms with Crippen LogP contribution in [0.4, 0.5) is 5.69 Å². The molecule has 3 aromatic rings. The van der Waals surface area contributed by atoms with Gasteiger partial charge in [0.15, 0.2) is 16.4 Å². The molecule has 0 saturated carbocycles. The molecule has 3 N–H and O–H groups in total. The van der Waals surface area contributed by atoms with E-state index in [0.29, 0.717) is 21.8 Å². The van der Waals surface area contributed by atoms with Crippen molar-refractivity contribution in [2.45, 2.75) is 6.92 Å². The first kappa shape index (κ1) is 14.2. The third kappa shape index (κ3) is 2.56. The Morgan fingerprint density at radius 1 is 1.23 bits per heavy atom. The lowest BCUT2D eigenvalue weighted by atomic mass is 10.1. The van der Waals surface area contributed by atoms with Crippen LogP contribution in [0.1, 0.15) is 17.3 Å². The maximum atomic E-state index is 11.6. The number of anilines is 1. The Labute approximate surface area is 132 Å². The highest BCUT2D eigenvalue weighted by atomic mass is 32.1. The van der Waals surface area contributed by atoms with Crippen LogP contribution in [0, 0.1) is 4.77 Å². The molecule has 6 heteroatoms. The first-order valence-electron chi connectivity index (χ1n) is 6.71. The lowest BCUT2D eigenvalue weighted by Crippen LogP contribution is -2.00. The number of aromatic amines is 1. The highest BCUT2D eigenvalue weighted by Crippen LogP contribution is 2.23. The Balaban J connectivity index is 2.18. The van der Waals surface area contributed by atoms with Gasteiger partial charge in [0.1, 0.15) is 0 Å². The zero-order valence-corrected chi connectivity index (χ0v) is 12.7. The van der Waals surface area contributed by atoms with E-state index in [1.165, 1.54) is 6.92 Å². The van der Waals surface area contributed by atoms with Crippen LogP contribution in [0.15, 0.2) is 48.5 Å². The van der Waals surface area contributed by atoms with E-state index < -0.39 is 0 Å². The lowest BCUT2D eigenvalue weighted by molar-refractivity contribution is 0.101. The first-order chi connectivity index (χ1) is 10.6. The average Bonchev–Trinajstić information content (AvgIpc) is 2.90. The Morgan fingerprint density at radius 3 is 2.64 bits per heavy atom. The zero-order valence-electron chi connectivity index (χ0n) is 11.9. The minimum absolute atomic E-state index is 0.00546. The number of hydrogen-bond acceptors (Lipinski definition) is 4. The second-order valence-corrected chi connectivity index (χ2v) is 5.30. The number of ketones is 1. The van der Waals surface area contributed by atoms with Crippen molar-refractivity contribution in [1.82, 2.24) is 14.8 Å². The van der Waals surface area contributed by atoms with Crippen LogP contribution in [-0.4, -0.2) is 20.5 Å². The molecule has 0 aliphatic rings. The van der Waals surface area contributed by atoms with Crippen molar-refractivity contribution in [3.63, 3.8) is 0 Å². The fourth-order valence-electron chi connectivity index (χ4n) is 2.23. The van der Waals surface area contributed by atoms with Crippen molar-refractivity contribution < 1.29 is 4.79 Å². The molecule has 0 saturated heterocycles. The average molecular weight is 310 g/mol. The molecule has 0 fully saturated rings. The molecule has 0 aliphatic heterocycles. The summed E-state index contributed by atoms with van der Waals surface area (Å²) in [6.45, 7) is 1.54. The van der Waals surface area contributed by atoms with E-state index in [4.69, 9.17) is 18.0 Å². The normalized spacial score (nSPS) is 10.6. The summed E-state index contributed by atoms with van der Waals surface area (Å²) in [6.07, 6.45) is 0. The third-order valence-corrected chi connectivity index (χ3v) is 3.63. The Kier molecular flexibility index (Phi) is 3.60. The first-order valence-corrected chi connectivity index (χ1v) is 7.12. The predicted octanol–water partition coefficient (Wildman–Crippen LogP) is 3.38. The number of carbonyl (C=O) groups is 1. The molecule has 110 valence electrons. The molecule has 0 atom stereocenters. The topological polar surface area (TPSA) is 76.7 Å². The number of nitrogens with one attached hydrogen (secondary N) is 1. The molecular weight excluding hydrogens is 296 g/mol. The van der Waals surface area contributed by atoms with Crippen molar-refractivity contribution in [3.8, 4) is 17.1 Å². The van der Waals surface area contributed by atoms with E-state index in [-0.39, 0.29) is 5.78 Å². The van der Waals surface area contributed by atoms with Crippen molar-refractivity contribution in [2.24, 2.45) is 0 Å². The number of rotatable bonds is 3. The number of aromatic nitrogens is 3. The van der Waals surface area contributed by atoms with E-state index in [0.717, 1.165) is 11.3 Å². The van der Waals surface area contributed by atoms with Crippen molar-refractivity contribution in [1.29, 1.82) is 0 Å². The van der Waals surface area contributed by atoms with Crippen LogP contribution in [0.25, 0.3) is 17.1 Å². The summed E-state index contributed by atoms with van der Waals surface area (Å²) in [7, 11) is 0. The van der Waals surface area contributed by atoms with Crippen LogP contribution in [0.2, 0.25) is 0 Å². The van der Waals surface area contributed by atoms with Crippen molar-refractivity contribution in [3.05, 3.63) is 58.9 Å². The van der Waals surface area contributed by atoms with Gasteiger partial charge >= 0.3 is 0 Å².